The van der Waals surface area contributed by atoms with Crippen molar-refractivity contribution in [1.82, 2.24) is 0 Å². The number of benzene rings is 4. The van der Waals surface area contributed by atoms with Crippen molar-refractivity contribution in [1.29, 1.82) is 0 Å². The van der Waals surface area contributed by atoms with Crippen molar-refractivity contribution in [3.63, 3.8) is 0 Å². The first-order valence-electron chi connectivity index (χ1n) is 13.8. The molecule has 6 rings (SSSR count). The number of hydrogen-bond acceptors (Lipinski definition) is 9. The van der Waals surface area contributed by atoms with Crippen molar-refractivity contribution in [2.24, 2.45) is 0 Å². The van der Waals surface area contributed by atoms with E-state index in [-0.39, 0.29) is 23.3 Å². The molecule has 0 radical (unpaired) electrons. The molecule has 0 aromatic heterocycles. The van der Waals surface area contributed by atoms with Crippen LogP contribution in [0.2, 0.25) is 0 Å². The van der Waals surface area contributed by atoms with Crippen LogP contribution in [-0.4, -0.2) is 55.2 Å². The Morgan fingerprint density at radius 2 is 0.977 bits per heavy atom. The normalized spacial score (nSPS) is 24.7. The largest absolute Gasteiger partial charge is 0.452 e. The molecule has 4 aromatic rings. The molecule has 2 fully saturated rings. The molecule has 218 valence electrons. The predicted octanol–water partition coefficient (Wildman–Crippen LogP) is 5.13. The zero-order valence-corrected chi connectivity index (χ0v) is 22.9. The molecule has 2 saturated heterocycles. The topological polar surface area (TPSA) is 107 Å². The number of carbonyl (C=O) groups is 3. The highest BCUT2D eigenvalue weighted by Crippen LogP contribution is 2.37. The number of esters is 3. The second-order valence-electron chi connectivity index (χ2n) is 9.96. The Kier molecular flexibility index (Phi) is 8.55. The molecule has 0 N–H and O–H groups in total. The van der Waals surface area contributed by atoms with E-state index in [0.717, 1.165) is 5.56 Å². The molecular formula is C34H28O9. The van der Waals surface area contributed by atoms with Gasteiger partial charge in [0.2, 0.25) is 12.4 Å². The number of carbonyl (C=O) groups excluding carboxylic acids is 3. The fraction of sp³-hybridized carbons (Fsp3) is 0.206. The maximum absolute atomic E-state index is 13.4. The average molecular weight is 581 g/mol. The maximum atomic E-state index is 13.4. The van der Waals surface area contributed by atoms with Gasteiger partial charge in [-0.2, -0.15) is 0 Å². The van der Waals surface area contributed by atoms with Crippen molar-refractivity contribution >= 4 is 17.9 Å². The second-order valence-corrected chi connectivity index (χ2v) is 9.96. The van der Waals surface area contributed by atoms with Gasteiger partial charge in [0.05, 0.1) is 23.3 Å². The molecule has 4 aromatic carbocycles. The quantitative estimate of drug-likeness (QED) is 0.217. The summed E-state index contributed by atoms with van der Waals surface area (Å²) in [5.74, 6) is -2.11. The molecule has 2 aliphatic rings. The highest BCUT2D eigenvalue weighted by molar-refractivity contribution is 5.91. The van der Waals surface area contributed by atoms with E-state index in [1.165, 1.54) is 0 Å². The minimum atomic E-state index is -1.45. The van der Waals surface area contributed by atoms with Crippen LogP contribution in [0.25, 0.3) is 0 Å². The van der Waals surface area contributed by atoms with E-state index in [9.17, 15) is 14.4 Å². The van der Waals surface area contributed by atoms with Gasteiger partial charge in [-0.15, -0.1) is 0 Å². The van der Waals surface area contributed by atoms with Crippen molar-refractivity contribution in [2.45, 2.75) is 37.0 Å². The monoisotopic (exact) mass is 580 g/mol. The van der Waals surface area contributed by atoms with E-state index in [1.54, 1.807) is 91.0 Å². The van der Waals surface area contributed by atoms with Gasteiger partial charge in [-0.05, 0) is 36.4 Å². The van der Waals surface area contributed by atoms with Crippen molar-refractivity contribution in [3.05, 3.63) is 144 Å². The zero-order valence-electron chi connectivity index (χ0n) is 22.9. The standard InChI is InChI=1S/C34H28O9/c35-30(22-13-5-1-6-14-22)40-28-27-26(21-38-33(42-27)25-19-11-4-12-20-25)39-34(43-32(37)24-17-9-3-10-18-24)29(28)41-31(36)23-15-7-2-8-16-23/h1-20,26-29,33-34H,21H2/t26-,27-,28+,29-,33-,34+/m1/s1. The molecule has 0 unspecified atom stereocenters. The Labute approximate surface area is 247 Å². The Hall–Kier alpha value is -4.83. The van der Waals surface area contributed by atoms with E-state index in [2.05, 4.69) is 0 Å². The number of rotatable bonds is 7. The first kappa shape index (κ1) is 28.3. The van der Waals surface area contributed by atoms with Crippen LogP contribution < -0.4 is 0 Å². The molecule has 0 spiro atoms. The molecule has 9 heteroatoms. The highest BCUT2D eigenvalue weighted by Gasteiger charge is 2.55. The summed E-state index contributed by atoms with van der Waals surface area (Å²) in [5.41, 5.74) is 1.54. The summed E-state index contributed by atoms with van der Waals surface area (Å²) in [6, 6.07) is 34.3. The smallest absolute Gasteiger partial charge is 0.340 e. The third kappa shape index (κ3) is 6.49. The molecule has 2 heterocycles. The lowest BCUT2D eigenvalue weighted by Gasteiger charge is -2.47. The zero-order chi connectivity index (χ0) is 29.6. The van der Waals surface area contributed by atoms with Crippen LogP contribution in [0.4, 0.5) is 0 Å². The molecular weight excluding hydrogens is 552 g/mol. The molecule has 2 aliphatic heterocycles. The van der Waals surface area contributed by atoms with Gasteiger partial charge in [0.25, 0.3) is 0 Å². The molecule has 43 heavy (non-hydrogen) atoms. The third-order valence-corrected chi connectivity index (χ3v) is 7.09. The summed E-state index contributed by atoms with van der Waals surface area (Å²) >= 11 is 0. The Morgan fingerprint density at radius 3 is 1.49 bits per heavy atom. The first-order valence-corrected chi connectivity index (χ1v) is 13.8. The summed E-state index contributed by atoms with van der Waals surface area (Å²) in [5, 5.41) is 0. The van der Waals surface area contributed by atoms with Gasteiger partial charge >= 0.3 is 17.9 Å². The summed E-state index contributed by atoms with van der Waals surface area (Å²) < 4.78 is 36.2. The molecule has 0 saturated carbocycles. The number of fused-ring (bicyclic) bond motifs is 1. The van der Waals surface area contributed by atoms with E-state index in [4.69, 9.17) is 28.4 Å². The SMILES string of the molecule is O=C(O[C@@H]1O[C@@H]2CO[C@@H](c3ccccc3)O[C@H]2[C@H](OC(=O)c2ccccc2)[C@H]1OC(=O)c1ccccc1)c1ccccc1. The minimum Gasteiger partial charge on any atom is -0.452 e. The van der Waals surface area contributed by atoms with Gasteiger partial charge in [-0.1, -0.05) is 84.9 Å². The second kappa shape index (κ2) is 13.0. The van der Waals surface area contributed by atoms with Crippen molar-refractivity contribution in [2.75, 3.05) is 6.61 Å². The van der Waals surface area contributed by atoms with Gasteiger partial charge < -0.3 is 28.4 Å². The molecule has 0 amide bonds. The lowest BCUT2D eigenvalue weighted by molar-refractivity contribution is -0.351. The van der Waals surface area contributed by atoms with Gasteiger partial charge in [-0.25, -0.2) is 14.4 Å². The van der Waals surface area contributed by atoms with Crippen LogP contribution in [0, 0.1) is 0 Å². The van der Waals surface area contributed by atoms with Gasteiger partial charge in [0.1, 0.15) is 12.2 Å². The minimum absolute atomic E-state index is 0.0301. The number of ether oxygens (including phenoxy) is 6. The molecule has 0 aliphatic carbocycles. The molecule has 9 nitrogen and oxygen atoms in total. The van der Waals surface area contributed by atoms with Gasteiger partial charge in [0.15, 0.2) is 12.4 Å². The Morgan fingerprint density at radius 1 is 0.535 bits per heavy atom. The molecule has 0 bridgehead atoms. The van der Waals surface area contributed by atoms with Crippen molar-refractivity contribution < 1.29 is 42.8 Å². The fourth-order valence-corrected chi connectivity index (χ4v) is 4.96. The van der Waals surface area contributed by atoms with Gasteiger partial charge in [0, 0.05) is 5.56 Å². The van der Waals surface area contributed by atoms with Crippen LogP contribution in [0.5, 0.6) is 0 Å². The average Bonchev–Trinajstić information content (AvgIpc) is 3.07. The third-order valence-electron chi connectivity index (χ3n) is 7.09. The van der Waals surface area contributed by atoms with Crippen LogP contribution in [0.15, 0.2) is 121 Å². The summed E-state index contributed by atoms with van der Waals surface area (Å²) in [7, 11) is 0. The first-order chi connectivity index (χ1) is 21.1. The van der Waals surface area contributed by atoms with E-state index in [0.29, 0.717) is 0 Å². The lowest BCUT2D eigenvalue weighted by atomic mass is 9.96. The highest BCUT2D eigenvalue weighted by atomic mass is 16.8. The Balaban J connectivity index is 1.36. The summed E-state index contributed by atoms with van der Waals surface area (Å²) in [4.78, 5) is 39.9. The van der Waals surface area contributed by atoms with E-state index < -0.39 is 54.9 Å². The molecule has 6 atom stereocenters. The number of hydrogen-bond donors (Lipinski definition) is 0. The van der Waals surface area contributed by atoms with Crippen LogP contribution in [0.3, 0.4) is 0 Å². The lowest BCUT2D eigenvalue weighted by Crippen LogP contribution is -2.64. The van der Waals surface area contributed by atoms with Gasteiger partial charge in [-0.3, -0.25) is 0 Å². The summed E-state index contributed by atoms with van der Waals surface area (Å²) in [6.07, 6.45) is -6.64. The fourth-order valence-electron chi connectivity index (χ4n) is 4.96. The van der Waals surface area contributed by atoms with Crippen LogP contribution in [0.1, 0.15) is 42.9 Å². The maximum Gasteiger partial charge on any atom is 0.340 e. The summed E-state index contributed by atoms with van der Waals surface area (Å²) in [6.45, 7) is 0.0301. The van der Waals surface area contributed by atoms with Crippen molar-refractivity contribution in [3.8, 4) is 0 Å². The van der Waals surface area contributed by atoms with Crippen LogP contribution in [-0.2, 0) is 28.4 Å². The van der Waals surface area contributed by atoms with Crippen LogP contribution >= 0.6 is 0 Å². The predicted molar refractivity (Wildman–Crippen MR) is 152 cm³/mol. The van der Waals surface area contributed by atoms with E-state index in [1.807, 2.05) is 30.3 Å². The van der Waals surface area contributed by atoms with E-state index >= 15 is 0 Å². The Bertz CT molecular complexity index is 1530.